The minimum absolute atomic E-state index is 0. The van der Waals surface area contributed by atoms with E-state index in [9.17, 15) is 4.79 Å². The summed E-state index contributed by atoms with van der Waals surface area (Å²) in [5, 5.41) is 8.93. The Balaban J connectivity index is 0.00000162. The van der Waals surface area contributed by atoms with Gasteiger partial charge in [-0.1, -0.05) is 30.0 Å². The molecule has 2 nitrogen and oxygen atoms in total. The van der Waals surface area contributed by atoms with Gasteiger partial charge in [-0.25, -0.2) is 4.79 Å². The number of rotatable bonds is 3. The molecule has 2 aromatic carbocycles. The molecule has 2 rings (SSSR count). The second-order valence-electron chi connectivity index (χ2n) is 3.40. The molecule has 0 heterocycles. The van der Waals surface area contributed by atoms with Gasteiger partial charge in [-0.3, -0.25) is 0 Å². The molecule has 2 aromatic rings. The average molecular weight is 328 g/mol. The van der Waals surface area contributed by atoms with Crippen LogP contribution in [0.1, 0.15) is 10.4 Å². The van der Waals surface area contributed by atoms with Crippen LogP contribution in [0.2, 0.25) is 0 Å². The predicted molar refractivity (Wildman–Crippen MR) is 71.2 cm³/mol. The van der Waals surface area contributed by atoms with E-state index in [4.69, 9.17) is 5.11 Å². The zero-order chi connectivity index (χ0) is 12.3. The third kappa shape index (κ3) is 3.87. The van der Waals surface area contributed by atoms with Crippen molar-refractivity contribution in [1.82, 2.24) is 0 Å². The number of hydrogen-bond donors (Lipinski definition) is 2. The second kappa shape index (κ2) is 6.98. The number of aromatic carboxylic acids is 1. The molecule has 1 N–H and O–H groups in total. The van der Waals surface area contributed by atoms with Crippen LogP contribution >= 0.6 is 24.4 Å². The van der Waals surface area contributed by atoms with Crippen LogP contribution in [0.4, 0.5) is 0 Å². The third-order valence-electron chi connectivity index (χ3n) is 2.18. The topological polar surface area (TPSA) is 37.3 Å². The van der Waals surface area contributed by atoms with Crippen molar-refractivity contribution in [2.75, 3.05) is 0 Å². The molecule has 5 heteroatoms. The van der Waals surface area contributed by atoms with Crippen molar-refractivity contribution in [2.24, 2.45) is 0 Å². The molecule has 86 valence electrons. The summed E-state index contributed by atoms with van der Waals surface area (Å²) in [4.78, 5) is 13.6. The van der Waals surface area contributed by atoms with Gasteiger partial charge in [-0.05, 0) is 30.3 Å². The number of carbonyl (C=O) groups is 1. The minimum Gasteiger partial charge on any atom is -0.478 e. The zero-order valence-corrected chi connectivity index (χ0v) is 14.2. The molecular weight excluding hydrogens is 318 g/mol. The van der Waals surface area contributed by atoms with E-state index >= 15 is 0 Å². The van der Waals surface area contributed by atoms with Crippen molar-refractivity contribution in [3.05, 3.63) is 54.1 Å². The van der Waals surface area contributed by atoms with Crippen molar-refractivity contribution < 1.29 is 29.4 Å². The second-order valence-corrected chi connectivity index (χ2v) is 5.00. The Morgan fingerprint density at radius 3 is 2.39 bits per heavy atom. The maximum absolute atomic E-state index is 10.9. The summed E-state index contributed by atoms with van der Waals surface area (Å²) in [6, 6.07) is 14.7. The summed E-state index contributed by atoms with van der Waals surface area (Å²) in [6.45, 7) is 0. The molecule has 0 amide bonds. The maximum Gasteiger partial charge on any atom is 2.00 e. The molecule has 0 saturated heterocycles. The largest absolute Gasteiger partial charge is 2.00 e. The van der Waals surface area contributed by atoms with Crippen LogP contribution in [0.25, 0.3) is 0 Å². The summed E-state index contributed by atoms with van der Waals surface area (Å²) < 4.78 is 0. The van der Waals surface area contributed by atoms with E-state index in [0.717, 1.165) is 14.7 Å². The van der Waals surface area contributed by atoms with Gasteiger partial charge >= 0.3 is 25.4 Å². The Morgan fingerprint density at radius 2 is 1.78 bits per heavy atom. The number of carboxylic acid groups (broad SMARTS) is 1. The summed E-state index contributed by atoms with van der Waals surface area (Å²) in [7, 11) is 0. The number of carboxylic acids is 1. The average Bonchev–Trinajstić information content (AvgIpc) is 2.33. The van der Waals surface area contributed by atoms with Crippen LogP contribution in [0.5, 0.6) is 0 Å². The Bertz CT molecular complexity index is 544. The van der Waals surface area contributed by atoms with Crippen LogP contribution in [-0.4, -0.2) is 11.1 Å². The summed E-state index contributed by atoms with van der Waals surface area (Å²) in [5.41, 5.74) is 0.279. The molecule has 0 unspecified atom stereocenters. The molecular formula is C13H10O2S2Zn+2. The first kappa shape index (κ1) is 15.3. The number of hydrogen-bond acceptors (Lipinski definition) is 3. The van der Waals surface area contributed by atoms with Crippen LogP contribution < -0.4 is 0 Å². The van der Waals surface area contributed by atoms with E-state index < -0.39 is 5.97 Å². The van der Waals surface area contributed by atoms with Gasteiger partial charge in [0.2, 0.25) is 0 Å². The molecule has 0 aromatic heterocycles. The zero-order valence-electron chi connectivity index (χ0n) is 9.54. The van der Waals surface area contributed by atoms with Crippen molar-refractivity contribution in [1.29, 1.82) is 0 Å². The van der Waals surface area contributed by atoms with E-state index in [1.807, 2.05) is 30.3 Å². The smallest absolute Gasteiger partial charge is 0.478 e. The van der Waals surface area contributed by atoms with Crippen LogP contribution in [-0.2, 0) is 19.5 Å². The fraction of sp³-hybridized carbons (Fsp3) is 0. The molecule has 0 fully saturated rings. The number of benzene rings is 2. The molecule has 0 aliphatic rings. The Morgan fingerprint density at radius 1 is 1.11 bits per heavy atom. The predicted octanol–water partition coefficient (Wildman–Crippen LogP) is 3.82. The fourth-order valence-electron chi connectivity index (χ4n) is 1.34. The van der Waals surface area contributed by atoms with Gasteiger partial charge in [0.05, 0.1) is 5.56 Å². The van der Waals surface area contributed by atoms with Crippen molar-refractivity contribution >= 4 is 30.4 Å². The summed E-state index contributed by atoms with van der Waals surface area (Å²) in [5.74, 6) is -0.923. The normalized spacial score (nSPS) is 9.61. The standard InChI is InChI=1S/C13H10O2S2.Zn/c14-13(15)9-6-7-11(16)12(8-9)17-10-4-2-1-3-5-10;/h1-8,16H,(H,14,15);/q;+2. The molecule has 0 spiro atoms. The molecule has 0 radical (unpaired) electrons. The first-order chi connectivity index (χ1) is 8.16. The van der Waals surface area contributed by atoms with Gasteiger partial charge in [0.15, 0.2) is 0 Å². The van der Waals surface area contributed by atoms with Crippen molar-refractivity contribution in [3.63, 3.8) is 0 Å². The van der Waals surface area contributed by atoms with Gasteiger partial charge in [-0.15, -0.1) is 12.6 Å². The van der Waals surface area contributed by atoms with E-state index in [1.54, 1.807) is 18.2 Å². The van der Waals surface area contributed by atoms with Gasteiger partial charge in [-0.2, -0.15) is 0 Å². The summed E-state index contributed by atoms with van der Waals surface area (Å²) >= 11 is 5.84. The van der Waals surface area contributed by atoms with E-state index in [-0.39, 0.29) is 25.0 Å². The van der Waals surface area contributed by atoms with Gasteiger partial charge in [0, 0.05) is 14.7 Å². The Kier molecular flexibility index (Phi) is 5.93. The molecule has 0 aliphatic carbocycles. The van der Waals surface area contributed by atoms with Crippen LogP contribution in [0.15, 0.2) is 63.2 Å². The fourth-order valence-corrected chi connectivity index (χ4v) is 2.53. The van der Waals surface area contributed by atoms with E-state index in [1.165, 1.54) is 11.8 Å². The van der Waals surface area contributed by atoms with Crippen LogP contribution in [0.3, 0.4) is 0 Å². The SMILES string of the molecule is O=C(O)c1ccc(S)c(Sc2ccccc2)c1.[Zn+2]. The van der Waals surface area contributed by atoms with Crippen LogP contribution in [0, 0.1) is 0 Å². The van der Waals surface area contributed by atoms with Gasteiger partial charge in [0.25, 0.3) is 0 Å². The van der Waals surface area contributed by atoms with E-state index in [0.29, 0.717) is 0 Å². The molecule has 0 bridgehead atoms. The van der Waals surface area contributed by atoms with Crippen molar-refractivity contribution in [3.8, 4) is 0 Å². The number of thiol groups is 1. The maximum atomic E-state index is 10.9. The molecule has 0 saturated carbocycles. The first-order valence-corrected chi connectivity index (χ1v) is 6.22. The molecule has 18 heavy (non-hydrogen) atoms. The Hall–Kier alpha value is -0.767. The van der Waals surface area contributed by atoms with Crippen molar-refractivity contribution in [2.45, 2.75) is 14.7 Å². The minimum atomic E-state index is -0.923. The Labute approximate surface area is 128 Å². The van der Waals surface area contributed by atoms with Gasteiger partial charge < -0.3 is 5.11 Å². The third-order valence-corrected chi connectivity index (χ3v) is 3.78. The summed E-state index contributed by atoms with van der Waals surface area (Å²) in [6.07, 6.45) is 0. The molecule has 0 atom stereocenters. The first-order valence-electron chi connectivity index (χ1n) is 4.96. The van der Waals surface area contributed by atoms with E-state index in [2.05, 4.69) is 12.6 Å². The van der Waals surface area contributed by atoms with Gasteiger partial charge in [0.1, 0.15) is 0 Å². The molecule has 0 aliphatic heterocycles. The quantitative estimate of drug-likeness (QED) is 0.664. The monoisotopic (exact) mass is 326 g/mol.